The van der Waals surface area contributed by atoms with E-state index in [4.69, 9.17) is 14.0 Å². The Bertz CT molecular complexity index is 1090. The van der Waals surface area contributed by atoms with Crippen molar-refractivity contribution in [2.45, 2.75) is 45.4 Å². The summed E-state index contributed by atoms with van der Waals surface area (Å²) < 4.78 is 44.8. The molecule has 34 heavy (non-hydrogen) atoms. The molecule has 0 fully saturated rings. The fraction of sp³-hybridized carbons (Fsp3) is 0.364. The van der Waals surface area contributed by atoms with Gasteiger partial charge in [-0.2, -0.15) is 13.8 Å². The zero-order chi connectivity index (χ0) is 24.7. The van der Waals surface area contributed by atoms with Gasteiger partial charge in [-0.05, 0) is 39.0 Å². The van der Waals surface area contributed by atoms with Crippen LogP contribution in [0.5, 0.6) is 17.4 Å². The molecule has 0 bridgehead atoms. The lowest BCUT2D eigenvalue weighted by molar-refractivity contribution is -0.0501. The van der Waals surface area contributed by atoms with E-state index >= 15 is 0 Å². The van der Waals surface area contributed by atoms with Crippen molar-refractivity contribution in [3.05, 3.63) is 48.5 Å². The van der Waals surface area contributed by atoms with Crippen molar-refractivity contribution < 1.29 is 37.4 Å². The first kappa shape index (κ1) is 24.8. The number of ether oxygens (including phenoxy) is 3. The van der Waals surface area contributed by atoms with Crippen LogP contribution in [0, 0.1) is 0 Å². The number of nitrogens with zero attached hydrogens (tertiary/aromatic N) is 3. The van der Waals surface area contributed by atoms with E-state index in [1.807, 2.05) is 0 Å². The molecule has 1 atom stereocenters. The molecule has 182 valence electrons. The molecule has 2 aromatic heterocycles. The van der Waals surface area contributed by atoms with Gasteiger partial charge in [0.1, 0.15) is 17.1 Å². The molecule has 10 nitrogen and oxygen atoms in total. The molecule has 0 saturated carbocycles. The summed E-state index contributed by atoms with van der Waals surface area (Å²) >= 11 is 0. The van der Waals surface area contributed by atoms with E-state index in [1.54, 1.807) is 45.0 Å². The second kappa shape index (κ2) is 10.9. The number of amides is 1. The minimum atomic E-state index is -2.94. The van der Waals surface area contributed by atoms with E-state index in [0.717, 1.165) is 6.20 Å². The molecule has 0 aliphatic heterocycles. The fourth-order valence-corrected chi connectivity index (χ4v) is 2.72. The van der Waals surface area contributed by atoms with Crippen LogP contribution in [-0.2, 0) is 11.2 Å². The fourth-order valence-electron chi connectivity index (χ4n) is 2.72. The number of hydrogen-bond donors (Lipinski definition) is 2. The average molecular weight is 478 g/mol. The van der Waals surface area contributed by atoms with E-state index < -0.39 is 24.3 Å². The number of benzene rings is 1. The predicted octanol–water partition coefficient (Wildman–Crippen LogP) is 3.95. The number of alkyl carbamates (subject to hydrolysis) is 1. The quantitative estimate of drug-likeness (QED) is 0.470. The lowest BCUT2D eigenvalue weighted by Gasteiger charge is -2.22. The van der Waals surface area contributed by atoms with Crippen LogP contribution in [-0.4, -0.2) is 51.2 Å². The number of aliphatic hydroxyl groups is 1. The van der Waals surface area contributed by atoms with Gasteiger partial charge >= 0.3 is 12.7 Å². The maximum Gasteiger partial charge on any atom is 0.407 e. The first-order valence-corrected chi connectivity index (χ1v) is 10.2. The molecule has 0 aliphatic carbocycles. The Balaban J connectivity index is 1.63. The number of carbonyl (C=O) groups is 1. The number of aromatic nitrogens is 3. The third-order valence-electron chi connectivity index (χ3n) is 4.08. The molecule has 2 N–H and O–H groups in total. The summed E-state index contributed by atoms with van der Waals surface area (Å²) in [6.45, 7) is 1.90. The minimum absolute atomic E-state index is 0.0854. The molecule has 1 amide bonds. The molecule has 12 heteroatoms. The Morgan fingerprint density at radius 3 is 2.65 bits per heavy atom. The van der Waals surface area contributed by atoms with Crippen LogP contribution in [0.1, 0.15) is 26.7 Å². The van der Waals surface area contributed by atoms with Crippen molar-refractivity contribution in [2.24, 2.45) is 0 Å². The number of rotatable bonds is 9. The van der Waals surface area contributed by atoms with E-state index in [-0.39, 0.29) is 36.4 Å². The number of hydrogen-bond acceptors (Lipinski definition) is 9. The number of carbonyl (C=O) groups excluding carboxylic acids is 1. The minimum Gasteiger partial charge on any atom is -0.444 e. The Morgan fingerprint density at radius 2 is 2.00 bits per heavy atom. The SMILES string of the molecule is CC(C)(C)OC(=O)N[C@H](CO)Cc1nc(-c2cccc(Oc3ccc(OC(F)F)cn3)c2)no1. The standard InChI is InChI=1S/C22H24F2N4O6/c1-22(2,3)33-21(30)26-14(12-29)10-18-27-19(28-34-18)13-5-4-6-15(9-13)31-17-8-7-16(11-25-17)32-20(23)24/h4-9,11,14,20,29H,10,12H2,1-3H3,(H,26,30)/t14-/m0/s1. The van der Waals surface area contributed by atoms with Gasteiger partial charge in [0.2, 0.25) is 17.6 Å². The van der Waals surface area contributed by atoms with Crippen LogP contribution >= 0.6 is 0 Å². The van der Waals surface area contributed by atoms with Crippen molar-refractivity contribution in [3.63, 3.8) is 0 Å². The van der Waals surface area contributed by atoms with Gasteiger partial charge in [0.25, 0.3) is 0 Å². The van der Waals surface area contributed by atoms with Crippen molar-refractivity contribution in [3.8, 4) is 28.8 Å². The molecule has 0 radical (unpaired) electrons. The van der Waals surface area contributed by atoms with Crippen LogP contribution in [0.3, 0.4) is 0 Å². The van der Waals surface area contributed by atoms with E-state index in [0.29, 0.717) is 11.3 Å². The lowest BCUT2D eigenvalue weighted by Crippen LogP contribution is -2.42. The summed E-state index contributed by atoms with van der Waals surface area (Å²) in [7, 11) is 0. The van der Waals surface area contributed by atoms with Gasteiger partial charge in [-0.3, -0.25) is 0 Å². The zero-order valence-electron chi connectivity index (χ0n) is 18.7. The number of nitrogens with one attached hydrogen (secondary N) is 1. The molecule has 2 heterocycles. The Morgan fingerprint density at radius 1 is 1.21 bits per heavy atom. The molecule has 3 rings (SSSR count). The molecular weight excluding hydrogens is 454 g/mol. The van der Waals surface area contributed by atoms with Gasteiger partial charge < -0.3 is 29.2 Å². The van der Waals surface area contributed by atoms with Gasteiger partial charge in [-0.25, -0.2) is 9.78 Å². The van der Waals surface area contributed by atoms with Crippen LogP contribution in [0.4, 0.5) is 13.6 Å². The maximum absolute atomic E-state index is 12.2. The largest absolute Gasteiger partial charge is 0.444 e. The number of pyridine rings is 1. The monoisotopic (exact) mass is 478 g/mol. The topological polar surface area (TPSA) is 129 Å². The second-order valence-corrected chi connectivity index (χ2v) is 8.08. The molecule has 0 spiro atoms. The summed E-state index contributed by atoms with van der Waals surface area (Å²) in [5.74, 6) is 0.957. The first-order valence-electron chi connectivity index (χ1n) is 10.2. The van der Waals surface area contributed by atoms with Crippen LogP contribution < -0.4 is 14.8 Å². The smallest absolute Gasteiger partial charge is 0.407 e. The zero-order valence-corrected chi connectivity index (χ0v) is 18.7. The van der Waals surface area contributed by atoms with Crippen molar-refractivity contribution in [1.29, 1.82) is 0 Å². The summed E-state index contributed by atoms with van der Waals surface area (Å²) in [5.41, 5.74) is -0.0998. The van der Waals surface area contributed by atoms with Crippen molar-refractivity contribution in [2.75, 3.05) is 6.61 Å². The van der Waals surface area contributed by atoms with Crippen LogP contribution in [0.15, 0.2) is 47.1 Å². The van der Waals surface area contributed by atoms with Gasteiger partial charge in [0.05, 0.1) is 18.8 Å². The van der Waals surface area contributed by atoms with Gasteiger partial charge in [-0.15, -0.1) is 0 Å². The highest BCUT2D eigenvalue weighted by Gasteiger charge is 2.21. The molecule has 3 aromatic rings. The molecule has 0 unspecified atom stereocenters. The first-order chi connectivity index (χ1) is 16.1. The summed E-state index contributed by atoms with van der Waals surface area (Å²) in [6.07, 6.45) is 0.550. The molecular formula is C22H24F2N4O6. The highest BCUT2D eigenvalue weighted by Crippen LogP contribution is 2.26. The van der Waals surface area contributed by atoms with E-state index in [2.05, 4.69) is 25.2 Å². The van der Waals surface area contributed by atoms with Crippen molar-refractivity contribution >= 4 is 6.09 Å². The Hall–Kier alpha value is -3.80. The third kappa shape index (κ3) is 7.66. The third-order valence-corrected chi connectivity index (χ3v) is 4.08. The van der Waals surface area contributed by atoms with Gasteiger partial charge in [0.15, 0.2) is 0 Å². The molecule has 1 aromatic carbocycles. The van der Waals surface area contributed by atoms with E-state index in [1.165, 1.54) is 12.1 Å². The van der Waals surface area contributed by atoms with Gasteiger partial charge in [0, 0.05) is 18.1 Å². The normalized spacial score (nSPS) is 12.3. The molecule has 0 aliphatic rings. The summed E-state index contributed by atoms with van der Waals surface area (Å²) in [5, 5.41) is 16.1. The number of alkyl halides is 2. The average Bonchev–Trinajstić information content (AvgIpc) is 3.22. The van der Waals surface area contributed by atoms with Crippen LogP contribution in [0.25, 0.3) is 11.4 Å². The highest BCUT2D eigenvalue weighted by molar-refractivity contribution is 5.68. The van der Waals surface area contributed by atoms with E-state index in [9.17, 15) is 18.7 Å². The predicted molar refractivity (Wildman–Crippen MR) is 115 cm³/mol. The Labute approximate surface area is 193 Å². The maximum atomic E-state index is 12.2. The van der Waals surface area contributed by atoms with Gasteiger partial charge in [-0.1, -0.05) is 17.3 Å². The summed E-state index contributed by atoms with van der Waals surface area (Å²) in [6, 6.07) is 8.77. The highest BCUT2D eigenvalue weighted by atomic mass is 19.3. The number of aliphatic hydroxyl groups excluding tert-OH is 1. The van der Waals surface area contributed by atoms with Crippen LogP contribution in [0.2, 0.25) is 0 Å². The second-order valence-electron chi connectivity index (χ2n) is 8.08. The number of halogens is 2. The van der Waals surface area contributed by atoms with Crippen molar-refractivity contribution in [1.82, 2.24) is 20.4 Å². The lowest BCUT2D eigenvalue weighted by atomic mass is 10.2. The summed E-state index contributed by atoms with van der Waals surface area (Å²) in [4.78, 5) is 20.1. The Kier molecular flexibility index (Phi) is 7.95. The molecule has 0 saturated heterocycles.